The van der Waals surface area contributed by atoms with Gasteiger partial charge in [-0.05, 0) is 26.3 Å². The van der Waals surface area contributed by atoms with E-state index in [-0.39, 0.29) is 11.9 Å². The first kappa shape index (κ1) is 13.6. The molecule has 1 unspecified atom stereocenters. The molecule has 1 rings (SSSR count). The molecule has 1 aromatic rings. The number of carbonyl (C=O) groups excluding carboxylic acids is 1. The third kappa shape index (κ3) is 3.78. The van der Waals surface area contributed by atoms with Crippen molar-refractivity contribution in [2.75, 3.05) is 6.54 Å². The van der Waals surface area contributed by atoms with E-state index >= 15 is 0 Å². The number of hydrogen-bond acceptors (Lipinski definition) is 4. The molecule has 17 heavy (non-hydrogen) atoms. The Morgan fingerprint density at radius 1 is 1.47 bits per heavy atom. The molecule has 0 fully saturated rings. The molecule has 1 atom stereocenters. The lowest BCUT2D eigenvalue weighted by molar-refractivity contribution is 0.0934. The second-order valence-electron chi connectivity index (χ2n) is 4.18. The van der Waals surface area contributed by atoms with Crippen LogP contribution in [0.5, 0.6) is 0 Å². The van der Waals surface area contributed by atoms with Crippen molar-refractivity contribution in [2.45, 2.75) is 39.7 Å². The van der Waals surface area contributed by atoms with Crippen molar-refractivity contribution < 1.29 is 4.79 Å². The van der Waals surface area contributed by atoms with E-state index in [1.54, 1.807) is 13.0 Å². The zero-order valence-electron chi connectivity index (χ0n) is 10.7. The van der Waals surface area contributed by atoms with Gasteiger partial charge in [-0.2, -0.15) is 10.2 Å². The number of amides is 1. The maximum atomic E-state index is 12.0. The summed E-state index contributed by atoms with van der Waals surface area (Å²) < 4.78 is 0. The van der Waals surface area contributed by atoms with Crippen LogP contribution in [0.15, 0.2) is 6.07 Å². The fourth-order valence-corrected chi connectivity index (χ4v) is 1.64. The number of nitrogens with one attached hydrogen (secondary N) is 1. The van der Waals surface area contributed by atoms with Gasteiger partial charge in [-0.3, -0.25) is 4.79 Å². The van der Waals surface area contributed by atoms with E-state index in [0.717, 1.165) is 18.5 Å². The second kappa shape index (κ2) is 6.30. The fraction of sp³-hybridized carbons (Fsp3) is 0.583. The van der Waals surface area contributed by atoms with E-state index in [4.69, 9.17) is 5.73 Å². The molecule has 0 bridgehead atoms. The molecule has 94 valence electrons. The van der Waals surface area contributed by atoms with E-state index < -0.39 is 0 Å². The Hall–Kier alpha value is -1.49. The first-order valence-corrected chi connectivity index (χ1v) is 5.90. The summed E-state index contributed by atoms with van der Waals surface area (Å²) in [6.45, 7) is 6.11. The fourth-order valence-electron chi connectivity index (χ4n) is 1.64. The summed E-state index contributed by atoms with van der Waals surface area (Å²) in [5.41, 5.74) is 7.56. The van der Waals surface area contributed by atoms with Crippen molar-refractivity contribution in [1.29, 1.82) is 0 Å². The summed E-state index contributed by atoms with van der Waals surface area (Å²) >= 11 is 0. The van der Waals surface area contributed by atoms with Crippen LogP contribution in [0.1, 0.15) is 41.5 Å². The van der Waals surface area contributed by atoms with Crippen LogP contribution in [-0.4, -0.2) is 28.7 Å². The van der Waals surface area contributed by atoms with E-state index in [9.17, 15) is 4.79 Å². The summed E-state index contributed by atoms with van der Waals surface area (Å²) in [6, 6.07) is 1.78. The van der Waals surface area contributed by atoms with Crippen LogP contribution in [0.4, 0.5) is 0 Å². The van der Waals surface area contributed by atoms with E-state index in [1.165, 1.54) is 0 Å². The largest absolute Gasteiger partial charge is 0.348 e. The third-order valence-electron chi connectivity index (χ3n) is 2.60. The summed E-state index contributed by atoms with van der Waals surface area (Å²) in [6.07, 6.45) is 1.88. The molecule has 1 amide bonds. The highest BCUT2D eigenvalue weighted by atomic mass is 16.1. The molecule has 0 aliphatic heterocycles. The second-order valence-corrected chi connectivity index (χ2v) is 4.18. The molecule has 5 heteroatoms. The Morgan fingerprint density at radius 2 is 2.18 bits per heavy atom. The SMILES string of the molecule is CCCC(CN)NC(=O)c1cc(C)nnc1C. The number of nitrogens with two attached hydrogens (primary N) is 1. The Morgan fingerprint density at radius 3 is 2.76 bits per heavy atom. The van der Waals surface area contributed by atoms with Crippen LogP contribution in [0.3, 0.4) is 0 Å². The number of carbonyl (C=O) groups is 1. The van der Waals surface area contributed by atoms with Gasteiger partial charge in [0.2, 0.25) is 0 Å². The van der Waals surface area contributed by atoms with Crippen molar-refractivity contribution in [3.63, 3.8) is 0 Å². The third-order valence-corrected chi connectivity index (χ3v) is 2.60. The molecule has 0 aromatic carbocycles. The van der Waals surface area contributed by atoms with Crippen molar-refractivity contribution in [3.05, 3.63) is 23.0 Å². The van der Waals surface area contributed by atoms with Crippen LogP contribution in [0, 0.1) is 13.8 Å². The highest BCUT2D eigenvalue weighted by Crippen LogP contribution is 2.06. The number of nitrogens with zero attached hydrogens (tertiary/aromatic N) is 2. The Balaban J connectivity index is 2.78. The normalized spacial score (nSPS) is 12.2. The Labute approximate surface area is 102 Å². The van der Waals surface area contributed by atoms with Crippen LogP contribution in [0.25, 0.3) is 0 Å². The van der Waals surface area contributed by atoms with Gasteiger partial charge in [-0.1, -0.05) is 13.3 Å². The first-order chi connectivity index (χ1) is 8.08. The molecular formula is C12H20N4O. The van der Waals surface area contributed by atoms with Crippen LogP contribution < -0.4 is 11.1 Å². The minimum Gasteiger partial charge on any atom is -0.348 e. The average Bonchev–Trinajstić information content (AvgIpc) is 2.31. The molecule has 0 aliphatic carbocycles. The summed E-state index contributed by atoms with van der Waals surface area (Å²) in [5.74, 6) is -0.121. The lowest BCUT2D eigenvalue weighted by atomic mass is 10.1. The predicted octanol–water partition coefficient (Wildman–Crippen LogP) is 0.951. The zero-order valence-corrected chi connectivity index (χ0v) is 10.7. The minimum absolute atomic E-state index is 0.0281. The zero-order chi connectivity index (χ0) is 12.8. The average molecular weight is 236 g/mol. The van der Waals surface area contributed by atoms with Gasteiger partial charge in [0.25, 0.3) is 5.91 Å². The molecule has 5 nitrogen and oxygen atoms in total. The predicted molar refractivity (Wildman–Crippen MR) is 66.7 cm³/mol. The summed E-state index contributed by atoms with van der Waals surface area (Å²) in [5, 5.41) is 10.8. The van der Waals surface area contributed by atoms with Crippen molar-refractivity contribution in [1.82, 2.24) is 15.5 Å². The summed E-state index contributed by atoms with van der Waals surface area (Å²) in [7, 11) is 0. The number of hydrogen-bond donors (Lipinski definition) is 2. The monoisotopic (exact) mass is 236 g/mol. The van der Waals surface area contributed by atoms with Crippen LogP contribution in [0.2, 0.25) is 0 Å². The Bertz CT molecular complexity index is 392. The van der Waals surface area contributed by atoms with Gasteiger partial charge < -0.3 is 11.1 Å². The molecule has 0 spiro atoms. The molecule has 1 aromatic heterocycles. The molecule has 0 aliphatic rings. The number of rotatable bonds is 5. The first-order valence-electron chi connectivity index (χ1n) is 5.90. The number of aryl methyl sites for hydroxylation is 2. The highest BCUT2D eigenvalue weighted by molar-refractivity contribution is 5.95. The lowest BCUT2D eigenvalue weighted by Crippen LogP contribution is -2.40. The maximum Gasteiger partial charge on any atom is 0.253 e. The van der Waals surface area contributed by atoms with Gasteiger partial charge in [0, 0.05) is 12.6 Å². The molecule has 0 saturated heterocycles. The van der Waals surface area contributed by atoms with Crippen molar-refractivity contribution in [2.24, 2.45) is 5.73 Å². The van der Waals surface area contributed by atoms with E-state index in [2.05, 4.69) is 22.4 Å². The molecular weight excluding hydrogens is 216 g/mol. The van der Waals surface area contributed by atoms with Gasteiger partial charge in [0.1, 0.15) is 0 Å². The maximum absolute atomic E-state index is 12.0. The van der Waals surface area contributed by atoms with Crippen LogP contribution >= 0.6 is 0 Å². The molecule has 0 saturated carbocycles. The molecule has 1 heterocycles. The van der Waals surface area contributed by atoms with Crippen molar-refractivity contribution in [3.8, 4) is 0 Å². The van der Waals surface area contributed by atoms with Gasteiger partial charge in [-0.25, -0.2) is 0 Å². The van der Waals surface area contributed by atoms with Gasteiger partial charge in [0.15, 0.2) is 0 Å². The highest BCUT2D eigenvalue weighted by Gasteiger charge is 2.14. The van der Waals surface area contributed by atoms with E-state index in [1.807, 2.05) is 6.92 Å². The lowest BCUT2D eigenvalue weighted by Gasteiger charge is -2.16. The van der Waals surface area contributed by atoms with Gasteiger partial charge in [0.05, 0.1) is 17.0 Å². The topological polar surface area (TPSA) is 80.9 Å². The van der Waals surface area contributed by atoms with Gasteiger partial charge in [-0.15, -0.1) is 0 Å². The standard InChI is InChI=1S/C12H20N4O/c1-4-5-10(7-13)14-12(17)11-6-8(2)15-16-9(11)3/h6,10H,4-5,7,13H2,1-3H3,(H,14,17). The quantitative estimate of drug-likeness (QED) is 0.797. The minimum atomic E-state index is -0.121. The van der Waals surface area contributed by atoms with Gasteiger partial charge >= 0.3 is 0 Å². The van der Waals surface area contributed by atoms with Crippen LogP contribution in [-0.2, 0) is 0 Å². The molecule has 3 N–H and O–H groups in total. The number of aromatic nitrogens is 2. The summed E-state index contributed by atoms with van der Waals surface area (Å²) in [4.78, 5) is 12.0. The smallest absolute Gasteiger partial charge is 0.253 e. The Kier molecular flexibility index (Phi) is 5.03. The van der Waals surface area contributed by atoms with Crippen molar-refractivity contribution >= 4 is 5.91 Å². The van der Waals surface area contributed by atoms with E-state index in [0.29, 0.717) is 17.8 Å². The molecule has 0 radical (unpaired) electrons.